The topological polar surface area (TPSA) is 21.3 Å². The normalized spacial score (nSPS) is 12.0. The maximum atomic E-state index is 6.07. The summed E-state index contributed by atoms with van der Waals surface area (Å²) in [7, 11) is 1.66. The van der Waals surface area contributed by atoms with Crippen molar-refractivity contribution in [2.75, 3.05) is 12.4 Å². The van der Waals surface area contributed by atoms with Crippen molar-refractivity contribution in [2.45, 2.75) is 19.4 Å². The monoisotopic (exact) mass is 353 g/mol. The predicted octanol–water partition coefficient (Wildman–Crippen LogP) is 5.67. The molecule has 20 heavy (non-hydrogen) atoms. The number of rotatable bonds is 5. The Morgan fingerprint density at radius 1 is 1.25 bits per heavy atom. The Labute approximate surface area is 133 Å². The molecule has 1 unspecified atom stereocenters. The summed E-state index contributed by atoms with van der Waals surface area (Å²) < 4.78 is 6.45. The number of hydrogen-bond donors (Lipinski definition) is 1. The molecule has 0 spiro atoms. The molecule has 0 saturated carbocycles. The Bertz CT molecular complexity index is 588. The van der Waals surface area contributed by atoms with Crippen LogP contribution in [-0.4, -0.2) is 7.11 Å². The molecule has 2 aromatic carbocycles. The lowest BCUT2D eigenvalue weighted by Crippen LogP contribution is -2.10. The van der Waals surface area contributed by atoms with Crippen molar-refractivity contribution in [3.8, 4) is 5.75 Å². The molecule has 2 nitrogen and oxygen atoms in total. The van der Waals surface area contributed by atoms with Crippen molar-refractivity contribution >= 4 is 33.2 Å². The average Bonchev–Trinajstić information content (AvgIpc) is 2.45. The van der Waals surface area contributed by atoms with Gasteiger partial charge in [0, 0.05) is 9.50 Å². The Hall–Kier alpha value is -1.19. The van der Waals surface area contributed by atoms with Crippen LogP contribution in [0.2, 0.25) is 5.02 Å². The first-order valence-corrected chi connectivity index (χ1v) is 7.66. The average molecular weight is 355 g/mol. The summed E-state index contributed by atoms with van der Waals surface area (Å²) in [5.41, 5.74) is 2.13. The Kier molecular flexibility index (Phi) is 5.32. The van der Waals surface area contributed by atoms with Gasteiger partial charge < -0.3 is 10.1 Å². The number of halogens is 2. The van der Waals surface area contributed by atoms with Crippen LogP contribution in [0.3, 0.4) is 0 Å². The molecule has 0 amide bonds. The zero-order valence-electron chi connectivity index (χ0n) is 11.5. The lowest BCUT2D eigenvalue weighted by molar-refractivity contribution is 0.416. The minimum atomic E-state index is 0.208. The third-order valence-corrected chi connectivity index (χ3v) is 3.88. The van der Waals surface area contributed by atoms with Crippen molar-refractivity contribution in [2.24, 2.45) is 0 Å². The predicted molar refractivity (Wildman–Crippen MR) is 88.8 cm³/mol. The van der Waals surface area contributed by atoms with Crippen LogP contribution in [0.15, 0.2) is 46.9 Å². The first-order chi connectivity index (χ1) is 9.63. The molecule has 0 aliphatic carbocycles. The van der Waals surface area contributed by atoms with Gasteiger partial charge >= 0.3 is 0 Å². The van der Waals surface area contributed by atoms with Gasteiger partial charge in [-0.3, -0.25) is 0 Å². The van der Waals surface area contributed by atoms with Crippen LogP contribution in [0.4, 0.5) is 5.69 Å². The highest BCUT2D eigenvalue weighted by atomic mass is 79.9. The standard InChI is InChI=1S/C16H17BrClNO/c1-3-14(11-5-4-6-12(17)9-11)19-15-10-13(18)7-8-16(15)20-2/h4-10,14,19H,3H2,1-2H3. The van der Waals surface area contributed by atoms with Crippen molar-refractivity contribution in [3.63, 3.8) is 0 Å². The summed E-state index contributed by atoms with van der Waals surface area (Å²) >= 11 is 9.58. The Balaban J connectivity index is 2.28. The molecule has 0 heterocycles. The fraction of sp³-hybridized carbons (Fsp3) is 0.250. The highest BCUT2D eigenvalue weighted by Crippen LogP contribution is 2.32. The molecule has 4 heteroatoms. The number of methoxy groups -OCH3 is 1. The van der Waals surface area contributed by atoms with E-state index in [1.165, 1.54) is 5.56 Å². The molecular weight excluding hydrogens is 338 g/mol. The summed E-state index contributed by atoms with van der Waals surface area (Å²) in [6.45, 7) is 2.15. The Morgan fingerprint density at radius 2 is 2.05 bits per heavy atom. The van der Waals surface area contributed by atoms with E-state index in [1.807, 2.05) is 30.3 Å². The van der Waals surface area contributed by atoms with E-state index >= 15 is 0 Å². The molecule has 2 aromatic rings. The molecule has 1 N–H and O–H groups in total. The molecule has 2 rings (SSSR count). The van der Waals surface area contributed by atoms with Crippen LogP contribution < -0.4 is 10.1 Å². The zero-order valence-corrected chi connectivity index (χ0v) is 13.8. The first-order valence-electron chi connectivity index (χ1n) is 6.49. The van der Waals surface area contributed by atoms with E-state index in [9.17, 15) is 0 Å². The van der Waals surface area contributed by atoms with Crippen molar-refractivity contribution in [3.05, 3.63) is 57.5 Å². The van der Waals surface area contributed by atoms with E-state index in [0.29, 0.717) is 5.02 Å². The van der Waals surface area contributed by atoms with Crippen molar-refractivity contribution in [1.29, 1.82) is 0 Å². The second-order valence-electron chi connectivity index (χ2n) is 4.50. The van der Waals surface area contributed by atoms with E-state index in [-0.39, 0.29) is 6.04 Å². The second kappa shape index (κ2) is 7.00. The summed E-state index contributed by atoms with van der Waals surface area (Å²) in [6, 6.07) is 14.1. The van der Waals surface area contributed by atoms with Gasteiger partial charge in [-0.25, -0.2) is 0 Å². The minimum Gasteiger partial charge on any atom is -0.495 e. The van der Waals surface area contributed by atoms with Crippen molar-refractivity contribution < 1.29 is 4.74 Å². The minimum absolute atomic E-state index is 0.208. The number of benzene rings is 2. The zero-order chi connectivity index (χ0) is 14.5. The number of anilines is 1. The Morgan fingerprint density at radius 3 is 2.70 bits per heavy atom. The van der Waals surface area contributed by atoms with Gasteiger partial charge in [0.25, 0.3) is 0 Å². The molecule has 0 aromatic heterocycles. The molecule has 0 saturated heterocycles. The van der Waals surface area contributed by atoms with E-state index in [1.54, 1.807) is 7.11 Å². The molecule has 0 radical (unpaired) electrons. The van der Waals surface area contributed by atoms with Gasteiger partial charge in [-0.1, -0.05) is 46.6 Å². The smallest absolute Gasteiger partial charge is 0.142 e. The summed E-state index contributed by atoms with van der Waals surface area (Å²) in [6.07, 6.45) is 0.964. The molecule has 0 fully saturated rings. The van der Waals surface area contributed by atoms with E-state index in [2.05, 4.69) is 40.3 Å². The molecule has 0 bridgehead atoms. The third kappa shape index (κ3) is 3.68. The third-order valence-electron chi connectivity index (χ3n) is 3.15. The van der Waals surface area contributed by atoms with Crippen LogP contribution in [0.25, 0.3) is 0 Å². The SMILES string of the molecule is CCC(Nc1cc(Cl)ccc1OC)c1cccc(Br)c1. The lowest BCUT2D eigenvalue weighted by atomic mass is 10.0. The maximum Gasteiger partial charge on any atom is 0.142 e. The summed E-state index contributed by atoms with van der Waals surface area (Å²) in [5, 5.41) is 4.19. The van der Waals surface area contributed by atoms with Crippen molar-refractivity contribution in [1.82, 2.24) is 0 Å². The van der Waals surface area contributed by atoms with Crippen LogP contribution in [-0.2, 0) is 0 Å². The van der Waals surface area contributed by atoms with Crippen LogP contribution in [0, 0.1) is 0 Å². The second-order valence-corrected chi connectivity index (χ2v) is 5.86. The van der Waals surface area contributed by atoms with Gasteiger partial charge in [-0.2, -0.15) is 0 Å². The van der Waals surface area contributed by atoms with Gasteiger partial charge in [0.05, 0.1) is 18.8 Å². The summed E-state index contributed by atoms with van der Waals surface area (Å²) in [5.74, 6) is 0.794. The van der Waals surface area contributed by atoms with Gasteiger partial charge in [0.1, 0.15) is 5.75 Å². The first kappa shape index (κ1) is 15.2. The fourth-order valence-electron chi connectivity index (χ4n) is 2.13. The lowest BCUT2D eigenvalue weighted by Gasteiger charge is -2.21. The van der Waals surface area contributed by atoms with E-state index in [0.717, 1.165) is 22.3 Å². The highest BCUT2D eigenvalue weighted by Gasteiger charge is 2.12. The number of nitrogens with one attached hydrogen (secondary N) is 1. The van der Waals surface area contributed by atoms with Crippen LogP contribution >= 0.6 is 27.5 Å². The van der Waals surface area contributed by atoms with Gasteiger partial charge in [-0.15, -0.1) is 0 Å². The largest absolute Gasteiger partial charge is 0.495 e. The van der Waals surface area contributed by atoms with E-state index in [4.69, 9.17) is 16.3 Å². The number of ether oxygens (including phenoxy) is 1. The molecule has 0 aliphatic heterocycles. The molecule has 106 valence electrons. The quantitative estimate of drug-likeness (QED) is 0.746. The maximum absolute atomic E-state index is 6.07. The molecule has 1 atom stereocenters. The molecule has 0 aliphatic rings. The van der Waals surface area contributed by atoms with Gasteiger partial charge in [-0.05, 0) is 42.3 Å². The number of hydrogen-bond acceptors (Lipinski definition) is 2. The fourth-order valence-corrected chi connectivity index (χ4v) is 2.71. The highest BCUT2D eigenvalue weighted by molar-refractivity contribution is 9.10. The van der Waals surface area contributed by atoms with Crippen LogP contribution in [0.1, 0.15) is 24.9 Å². The van der Waals surface area contributed by atoms with Crippen LogP contribution in [0.5, 0.6) is 5.75 Å². The summed E-state index contributed by atoms with van der Waals surface area (Å²) in [4.78, 5) is 0. The van der Waals surface area contributed by atoms with Gasteiger partial charge in [0.15, 0.2) is 0 Å². The van der Waals surface area contributed by atoms with E-state index < -0.39 is 0 Å². The van der Waals surface area contributed by atoms with Gasteiger partial charge in [0.2, 0.25) is 0 Å². The molecular formula is C16H17BrClNO.